The molecule has 0 aliphatic carbocycles. The van der Waals surface area contributed by atoms with Crippen LogP contribution in [0.25, 0.3) is 17.4 Å². The molecular formula is C32H23ClN4O6S. The van der Waals surface area contributed by atoms with Crippen molar-refractivity contribution in [1.29, 1.82) is 0 Å². The van der Waals surface area contributed by atoms with Crippen molar-refractivity contribution in [2.45, 2.75) is 13.0 Å². The number of halogens is 1. The lowest BCUT2D eigenvalue weighted by Gasteiger charge is -2.25. The van der Waals surface area contributed by atoms with Crippen molar-refractivity contribution in [3.63, 3.8) is 0 Å². The number of anilines is 1. The zero-order chi connectivity index (χ0) is 31.0. The summed E-state index contributed by atoms with van der Waals surface area (Å²) in [4.78, 5) is 43.8. The standard InChI is InChI=1S/C32H23ClN4O6S/c1-18-28(30(38)35-21-8-4-3-5-9-21)29(19-7-6-10-22(15-19)42-2)36-31(39)27(44-32(36)34-18)17-23-12-14-26(43-23)24-13-11-20(33)16-25(24)37(40)41/h3-17,29H,1-2H3,(H,35,38)/b27-17-/t29-/m0/s1. The van der Waals surface area contributed by atoms with Gasteiger partial charge in [0.2, 0.25) is 0 Å². The van der Waals surface area contributed by atoms with Gasteiger partial charge in [-0.2, -0.15) is 0 Å². The summed E-state index contributed by atoms with van der Waals surface area (Å²) in [6, 6.07) is 23.0. The number of ether oxygens (including phenoxy) is 1. The first-order chi connectivity index (χ1) is 21.2. The number of allylic oxidation sites excluding steroid dienone is 1. The highest BCUT2D eigenvalue weighted by atomic mass is 35.5. The van der Waals surface area contributed by atoms with Gasteiger partial charge < -0.3 is 14.5 Å². The Bertz CT molecular complexity index is 2150. The molecule has 0 spiro atoms. The van der Waals surface area contributed by atoms with Crippen LogP contribution >= 0.6 is 22.9 Å². The molecule has 3 heterocycles. The maximum absolute atomic E-state index is 14.0. The second-order valence-corrected chi connectivity index (χ2v) is 11.2. The highest BCUT2D eigenvalue weighted by Gasteiger charge is 2.33. The fourth-order valence-electron chi connectivity index (χ4n) is 5.03. The molecule has 0 saturated heterocycles. The third kappa shape index (κ3) is 5.46. The van der Waals surface area contributed by atoms with Gasteiger partial charge in [-0.15, -0.1) is 0 Å². The van der Waals surface area contributed by atoms with Crippen molar-refractivity contribution in [1.82, 2.24) is 4.57 Å². The van der Waals surface area contributed by atoms with E-state index in [1.807, 2.05) is 24.3 Å². The molecule has 10 nitrogen and oxygen atoms in total. The second kappa shape index (κ2) is 11.8. The summed E-state index contributed by atoms with van der Waals surface area (Å²) in [7, 11) is 1.55. The van der Waals surface area contributed by atoms with E-state index in [2.05, 4.69) is 10.3 Å². The first-order valence-electron chi connectivity index (χ1n) is 13.3. The number of methoxy groups -OCH3 is 1. The van der Waals surface area contributed by atoms with E-state index in [1.165, 1.54) is 22.8 Å². The lowest BCUT2D eigenvalue weighted by Crippen LogP contribution is -2.40. The number of rotatable bonds is 7. The number of nitro groups is 1. The van der Waals surface area contributed by atoms with Gasteiger partial charge in [-0.3, -0.25) is 24.3 Å². The molecule has 44 heavy (non-hydrogen) atoms. The molecule has 0 radical (unpaired) electrons. The van der Waals surface area contributed by atoms with E-state index in [-0.39, 0.29) is 33.5 Å². The van der Waals surface area contributed by atoms with Crippen molar-refractivity contribution in [2.75, 3.05) is 12.4 Å². The normalized spacial score (nSPS) is 14.6. The van der Waals surface area contributed by atoms with Crippen molar-refractivity contribution in [2.24, 2.45) is 4.99 Å². The van der Waals surface area contributed by atoms with Gasteiger partial charge in [0.1, 0.15) is 17.3 Å². The molecule has 220 valence electrons. The Balaban J connectivity index is 1.46. The van der Waals surface area contributed by atoms with Gasteiger partial charge >= 0.3 is 0 Å². The Morgan fingerprint density at radius 1 is 1.11 bits per heavy atom. The van der Waals surface area contributed by atoms with Crippen LogP contribution in [0, 0.1) is 10.1 Å². The summed E-state index contributed by atoms with van der Waals surface area (Å²) in [5.41, 5.74) is 1.73. The molecule has 1 aliphatic rings. The van der Waals surface area contributed by atoms with Crippen molar-refractivity contribution in [3.8, 4) is 17.1 Å². The molecule has 1 atom stereocenters. The molecule has 0 fully saturated rings. The number of benzene rings is 3. The van der Waals surface area contributed by atoms with E-state index in [1.54, 1.807) is 62.6 Å². The Hall–Kier alpha value is -5.26. The first-order valence-corrected chi connectivity index (χ1v) is 14.5. The van der Waals surface area contributed by atoms with Crippen LogP contribution in [0.3, 0.4) is 0 Å². The summed E-state index contributed by atoms with van der Waals surface area (Å²) in [6.45, 7) is 1.74. The van der Waals surface area contributed by atoms with Crippen molar-refractivity contribution >= 4 is 46.3 Å². The number of amides is 1. The number of fused-ring (bicyclic) bond motifs is 1. The number of thiazole rings is 1. The molecule has 12 heteroatoms. The summed E-state index contributed by atoms with van der Waals surface area (Å²) in [6.07, 6.45) is 1.56. The van der Waals surface area contributed by atoms with E-state index in [0.29, 0.717) is 43.4 Å². The average Bonchev–Trinajstić information content (AvgIpc) is 3.60. The topological polar surface area (TPSA) is 129 Å². The fraction of sp³-hybridized carbons (Fsp3) is 0.0938. The third-order valence-corrected chi connectivity index (χ3v) is 8.25. The monoisotopic (exact) mass is 626 g/mol. The number of furan rings is 1. The largest absolute Gasteiger partial charge is 0.497 e. The van der Waals surface area contributed by atoms with Crippen LogP contribution in [0.4, 0.5) is 11.4 Å². The fourth-order valence-corrected chi connectivity index (χ4v) is 6.22. The lowest BCUT2D eigenvalue weighted by atomic mass is 9.95. The molecule has 1 aliphatic heterocycles. The van der Waals surface area contributed by atoms with Crippen LogP contribution in [0.5, 0.6) is 5.75 Å². The molecule has 1 N–H and O–H groups in total. The van der Waals surface area contributed by atoms with Crippen molar-refractivity contribution in [3.05, 3.63) is 142 Å². The Morgan fingerprint density at radius 3 is 2.66 bits per heavy atom. The molecule has 5 aromatic rings. The summed E-state index contributed by atoms with van der Waals surface area (Å²) < 4.78 is 13.2. The number of nitrogens with zero attached hydrogens (tertiary/aromatic N) is 3. The van der Waals surface area contributed by atoms with Gasteiger partial charge in [-0.05, 0) is 61.0 Å². The van der Waals surface area contributed by atoms with Crippen LogP contribution in [0.2, 0.25) is 5.02 Å². The number of hydrogen-bond donors (Lipinski definition) is 1. The quantitative estimate of drug-likeness (QED) is 0.182. The minimum Gasteiger partial charge on any atom is -0.497 e. The third-order valence-electron chi connectivity index (χ3n) is 7.03. The van der Waals surface area contributed by atoms with Gasteiger partial charge in [0.05, 0.1) is 39.4 Å². The van der Waals surface area contributed by atoms with Gasteiger partial charge in [0, 0.05) is 22.9 Å². The zero-order valence-electron chi connectivity index (χ0n) is 23.3. The molecule has 0 bridgehead atoms. The first kappa shape index (κ1) is 28.8. The lowest BCUT2D eigenvalue weighted by molar-refractivity contribution is -0.384. The van der Waals surface area contributed by atoms with Gasteiger partial charge in [0.15, 0.2) is 4.80 Å². The zero-order valence-corrected chi connectivity index (χ0v) is 24.9. The van der Waals surface area contributed by atoms with E-state index in [9.17, 15) is 19.7 Å². The number of nitro benzene ring substituents is 1. The summed E-state index contributed by atoms with van der Waals surface area (Å²) >= 11 is 7.11. The Kier molecular flexibility index (Phi) is 7.73. The Morgan fingerprint density at radius 2 is 1.91 bits per heavy atom. The Labute approximate surface area is 259 Å². The molecule has 0 unspecified atom stereocenters. The average molecular weight is 627 g/mol. The van der Waals surface area contributed by atoms with E-state index in [0.717, 1.165) is 11.3 Å². The number of nitrogens with one attached hydrogen (secondary N) is 1. The number of para-hydroxylation sites is 1. The molecule has 1 amide bonds. The number of carbonyl (C=O) groups is 1. The van der Waals surface area contributed by atoms with Crippen LogP contribution in [-0.4, -0.2) is 22.5 Å². The number of hydrogen-bond acceptors (Lipinski definition) is 8. The smallest absolute Gasteiger partial charge is 0.281 e. The summed E-state index contributed by atoms with van der Waals surface area (Å²) in [5.74, 6) is 0.740. The van der Waals surface area contributed by atoms with Gasteiger partial charge in [-0.1, -0.05) is 53.3 Å². The van der Waals surface area contributed by atoms with Crippen LogP contribution in [0.1, 0.15) is 24.3 Å². The number of carbonyl (C=O) groups excluding carboxylic acids is 1. The van der Waals surface area contributed by atoms with Crippen LogP contribution < -0.4 is 24.9 Å². The minimum absolute atomic E-state index is 0.201. The highest BCUT2D eigenvalue weighted by Crippen LogP contribution is 2.34. The molecule has 3 aromatic carbocycles. The van der Waals surface area contributed by atoms with Gasteiger partial charge in [-0.25, -0.2) is 4.99 Å². The molecule has 6 rings (SSSR count). The maximum Gasteiger partial charge on any atom is 0.281 e. The number of aromatic nitrogens is 1. The molecular weight excluding hydrogens is 604 g/mol. The maximum atomic E-state index is 14.0. The minimum atomic E-state index is -0.795. The van der Waals surface area contributed by atoms with Crippen LogP contribution in [-0.2, 0) is 4.79 Å². The van der Waals surface area contributed by atoms with Gasteiger partial charge in [0.25, 0.3) is 17.2 Å². The summed E-state index contributed by atoms with van der Waals surface area (Å²) in [5, 5.41) is 14.7. The van der Waals surface area contributed by atoms with E-state index < -0.39 is 11.0 Å². The van der Waals surface area contributed by atoms with E-state index >= 15 is 0 Å². The predicted octanol–water partition coefficient (Wildman–Crippen LogP) is 5.70. The van der Waals surface area contributed by atoms with E-state index in [4.69, 9.17) is 20.8 Å². The SMILES string of the molecule is COc1cccc([C@H]2C(C(=O)Nc3ccccc3)=C(C)N=c3s/c(=C\c4ccc(-c5ccc(Cl)cc5[N+](=O)[O-])o4)c(=O)n32)c1. The van der Waals surface area contributed by atoms with Crippen molar-refractivity contribution < 1.29 is 18.9 Å². The molecule has 0 saturated carbocycles. The highest BCUT2D eigenvalue weighted by molar-refractivity contribution is 7.07. The molecule has 2 aromatic heterocycles. The van der Waals surface area contributed by atoms with Crippen LogP contribution in [0.15, 0.2) is 110 Å². The second-order valence-electron chi connectivity index (χ2n) is 9.80. The predicted molar refractivity (Wildman–Crippen MR) is 168 cm³/mol.